The number of hydrogen-bond acceptors (Lipinski definition) is 3. The van der Waals surface area contributed by atoms with Crippen molar-refractivity contribution in [1.82, 2.24) is 10.9 Å². The van der Waals surface area contributed by atoms with E-state index in [0.29, 0.717) is 11.3 Å². The molecule has 1 atom stereocenters. The summed E-state index contributed by atoms with van der Waals surface area (Å²) in [7, 11) is 0. The Morgan fingerprint density at radius 3 is 2.29 bits per heavy atom. The molecular formula is C18H19FN2O3. The zero-order valence-corrected chi connectivity index (χ0v) is 13.7. The second-order valence-corrected chi connectivity index (χ2v) is 5.46. The van der Waals surface area contributed by atoms with Gasteiger partial charge in [0, 0.05) is 5.56 Å². The lowest BCUT2D eigenvalue weighted by Gasteiger charge is -2.15. The monoisotopic (exact) mass is 330 g/mol. The first-order valence-electron chi connectivity index (χ1n) is 7.46. The van der Waals surface area contributed by atoms with Crippen molar-refractivity contribution in [2.24, 2.45) is 0 Å². The Bertz CT molecular complexity index is 744. The Morgan fingerprint density at radius 2 is 1.67 bits per heavy atom. The van der Waals surface area contributed by atoms with E-state index in [2.05, 4.69) is 10.9 Å². The van der Waals surface area contributed by atoms with Crippen molar-refractivity contribution in [2.45, 2.75) is 26.9 Å². The number of carbonyl (C=O) groups is 2. The molecular weight excluding hydrogens is 311 g/mol. The molecule has 0 heterocycles. The van der Waals surface area contributed by atoms with Gasteiger partial charge in [-0.2, -0.15) is 0 Å². The Morgan fingerprint density at radius 1 is 1.00 bits per heavy atom. The molecule has 6 heteroatoms. The third-order valence-corrected chi connectivity index (χ3v) is 3.56. The van der Waals surface area contributed by atoms with Gasteiger partial charge in [-0.3, -0.25) is 20.4 Å². The van der Waals surface area contributed by atoms with Gasteiger partial charge in [-0.1, -0.05) is 6.07 Å². The summed E-state index contributed by atoms with van der Waals surface area (Å²) in [5.74, 6) is -0.961. The number of rotatable bonds is 4. The van der Waals surface area contributed by atoms with Crippen LogP contribution in [0.3, 0.4) is 0 Å². The molecule has 0 fully saturated rings. The van der Waals surface area contributed by atoms with Gasteiger partial charge in [0.25, 0.3) is 11.8 Å². The summed E-state index contributed by atoms with van der Waals surface area (Å²) >= 11 is 0. The Kier molecular flexibility index (Phi) is 5.52. The fourth-order valence-electron chi connectivity index (χ4n) is 1.95. The van der Waals surface area contributed by atoms with E-state index in [1.807, 2.05) is 19.9 Å². The molecule has 0 bridgehead atoms. The minimum Gasteiger partial charge on any atom is -0.481 e. The summed E-state index contributed by atoms with van der Waals surface area (Å²) in [6, 6.07) is 10.6. The standard InChI is InChI=1S/C18H19FN2O3/c1-11-4-5-14(10-12(11)2)18(23)21-20-17(22)13(3)24-16-8-6-15(19)7-9-16/h4-10,13H,1-3H3,(H,20,22)(H,21,23)/t13-/m1/s1. The molecule has 2 amide bonds. The largest absolute Gasteiger partial charge is 0.481 e. The maximum atomic E-state index is 12.8. The van der Waals surface area contributed by atoms with Gasteiger partial charge >= 0.3 is 0 Å². The number of amides is 2. The first kappa shape index (κ1) is 17.5. The molecule has 0 aliphatic heterocycles. The van der Waals surface area contributed by atoms with Crippen molar-refractivity contribution in [3.05, 3.63) is 65.0 Å². The normalized spacial score (nSPS) is 11.5. The number of ether oxygens (including phenoxy) is 1. The van der Waals surface area contributed by atoms with E-state index in [1.165, 1.54) is 31.2 Å². The molecule has 2 rings (SSSR count). The van der Waals surface area contributed by atoms with Crippen LogP contribution in [0.1, 0.15) is 28.4 Å². The molecule has 0 spiro atoms. The zero-order chi connectivity index (χ0) is 17.7. The van der Waals surface area contributed by atoms with Crippen molar-refractivity contribution in [3.8, 4) is 5.75 Å². The number of carbonyl (C=O) groups excluding carboxylic acids is 2. The number of aryl methyl sites for hydroxylation is 2. The van der Waals surface area contributed by atoms with Gasteiger partial charge in [0.05, 0.1) is 0 Å². The van der Waals surface area contributed by atoms with E-state index < -0.39 is 17.9 Å². The third kappa shape index (κ3) is 4.55. The molecule has 0 unspecified atom stereocenters. The molecule has 5 nitrogen and oxygen atoms in total. The fraction of sp³-hybridized carbons (Fsp3) is 0.222. The molecule has 0 saturated carbocycles. The molecule has 24 heavy (non-hydrogen) atoms. The Hall–Kier alpha value is -2.89. The molecule has 2 aromatic carbocycles. The van der Waals surface area contributed by atoms with Crippen molar-refractivity contribution in [2.75, 3.05) is 0 Å². The van der Waals surface area contributed by atoms with Crippen LogP contribution in [0.2, 0.25) is 0 Å². The van der Waals surface area contributed by atoms with Crippen LogP contribution >= 0.6 is 0 Å². The highest BCUT2D eigenvalue weighted by Crippen LogP contribution is 2.13. The summed E-state index contributed by atoms with van der Waals surface area (Å²) in [5, 5.41) is 0. The highest BCUT2D eigenvalue weighted by Gasteiger charge is 2.16. The van der Waals surface area contributed by atoms with Crippen LogP contribution in [-0.4, -0.2) is 17.9 Å². The first-order valence-corrected chi connectivity index (χ1v) is 7.46. The Labute approximate surface area is 139 Å². The van der Waals surface area contributed by atoms with Crippen molar-refractivity contribution < 1.29 is 18.7 Å². The fourth-order valence-corrected chi connectivity index (χ4v) is 1.95. The lowest BCUT2D eigenvalue weighted by atomic mass is 10.1. The van der Waals surface area contributed by atoms with Crippen molar-refractivity contribution in [3.63, 3.8) is 0 Å². The van der Waals surface area contributed by atoms with E-state index >= 15 is 0 Å². The number of hydrogen-bond donors (Lipinski definition) is 2. The van der Waals surface area contributed by atoms with Crippen LogP contribution in [0, 0.1) is 19.7 Å². The SMILES string of the molecule is Cc1ccc(C(=O)NNC(=O)[C@@H](C)Oc2ccc(F)cc2)cc1C. The molecule has 2 N–H and O–H groups in total. The topological polar surface area (TPSA) is 67.4 Å². The van der Waals surface area contributed by atoms with E-state index in [0.717, 1.165) is 11.1 Å². The van der Waals surface area contributed by atoms with E-state index in [4.69, 9.17) is 4.74 Å². The lowest BCUT2D eigenvalue weighted by Crippen LogP contribution is -2.47. The third-order valence-electron chi connectivity index (χ3n) is 3.56. The van der Waals surface area contributed by atoms with Gasteiger partial charge in [0.1, 0.15) is 11.6 Å². The summed E-state index contributed by atoms with van der Waals surface area (Å²) in [5.41, 5.74) is 7.17. The molecule has 126 valence electrons. The van der Waals surface area contributed by atoms with Gasteiger partial charge in [-0.05, 0) is 68.3 Å². The quantitative estimate of drug-likeness (QED) is 0.847. The Balaban J connectivity index is 1.88. The number of halogens is 1. The predicted molar refractivity (Wildman–Crippen MR) is 88.0 cm³/mol. The van der Waals surface area contributed by atoms with Crippen LogP contribution < -0.4 is 15.6 Å². The van der Waals surface area contributed by atoms with Crippen LogP contribution in [0.25, 0.3) is 0 Å². The summed E-state index contributed by atoms with van der Waals surface area (Å²) in [6.45, 7) is 5.39. The average molecular weight is 330 g/mol. The maximum absolute atomic E-state index is 12.8. The van der Waals surface area contributed by atoms with E-state index in [1.54, 1.807) is 12.1 Å². The van der Waals surface area contributed by atoms with Crippen LogP contribution in [0.5, 0.6) is 5.75 Å². The van der Waals surface area contributed by atoms with Crippen LogP contribution in [-0.2, 0) is 4.79 Å². The van der Waals surface area contributed by atoms with Gasteiger partial charge in [-0.15, -0.1) is 0 Å². The molecule has 0 aromatic heterocycles. The first-order chi connectivity index (χ1) is 11.4. The number of nitrogens with one attached hydrogen (secondary N) is 2. The molecule has 0 radical (unpaired) electrons. The van der Waals surface area contributed by atoms with E-state index in [9.17, 15) is 14.0 Å². The maximum Gasteiger partial charge on any atom is 0.279 e. The summed E-state index contributed by atoms with van der Waals surface area (Å²) < 4.78 is 18.2. The van der Waals surface area contributed by atoms with Crippen molar-refractivity contribution in [1.29, 1.82) is 0 Å². The van der Waals surface area contributed by atoms with Gasteiger partial charge < -0.3 is 4.74 Å². The lowest BCUT2D eigenvalue weighted by molar-refractivity contribution is -0.128. The van der Waals surface area contributed by atoms with Gasteiger partial charge in [0.2, 0.25) is 0 Å². The zero-order valence-electron chi connectivity index (χ0n) is 13.7. The highest BCUT2D eigenvalue weighted by molar-refractivity contribution is 5.96. The molecule has 0 aliphatic rings. The number of benzene rings is 2. The highest BCUT2D eigenvalue weighted by atomic mass is 19.1. The van der Waals surface area contributed by atoms with Crippen LogP contribution in [0.4, 0.5) is 4.39 Å². The van der Waals surface area contributed by atoms with Crippen molar-refractivity contribution >= 4 is 11.8 Å². The van der Waals surface area contributed by atoms with Gasteiger partial charge in [-0.25, -0.2) is 4.39 Å². The second-order valence-electron chi connectivity index (χ2n) is 5.46. The molecule has 0 aliphatic carbocycles. The molecule has 2 aromatic rings. The summed E-state index contributed by atoms with van der Waals surface area (Å²) in [6.07, 6.45) is -0.851. The second kappa shape index (κ2) is 7.59. The summed E-state index contributed by atoms with van der Waals surface area (Å²) in [4.78, 5) is 24.0. The average Bonchev–Trinajstić information content (AvgIpc) is 2.56. The molecule has 0 saturated heterocycles. The minimum atomic E-state index is -0.851. The van der Waals surface area contributed by atoms with E-state index in [-0.39, 0.29) is 5.82 Å². The smallest absolute Gasteiger partial charge is 0.279 e. The predicted octanol–water partition coefficient (Wildman–Crippen LogP) is 2.67. The minimum absolute atomic E-state index is 0.361. The van der Waals surface area contributed by atoms with Gasteiger partial charge in [0.15, 0.2) is 6.10 Å². The van der Waals surface area contributed by atoms with Crippen LogP contribution in [0.15, 0.2) is 42.5 Å². The number of hydrazine groups is 1.